The summed E-state index contributed by atoms with van der Waals surface area (Å²) >= 11 is 0. The van der Waals surface area contributed by atoms with Gasteiger partial charge in [-0.2, -0.15) is 0 Å². The summed E-state index contributed by atoms with van der Waals surface area (Å²) in [6.07, 6.45) is 0.163. The van der Waals surface area contributed by atoms with E-state index in [4.69, 9.17) is 9.52 Å². The minimum atomic E-state index is -3.74. The maximum absolute atomic E-state index is 12.1. The molecular weight excluding hydrogens is 312 g/mol. The van der Waals surface area contributed by atoms with Gasteiger partial charge in [-0.3, -0.25) is 4.79 Å². The van der Waals surface area contributed by atoms with Gasteiger partial charge in [0.2, 0.25) is 10.0 Å². The third-order valence-electron chi connectivity index (χ3n) is 3.42. The second kappa shape index (κ2) is 6.09. The Balaban J connectivity index is 3.16. The highest BCUT2D eigenvalue weighted by atomic mass is 32.2. The number of aliphatic carboxylic acids is 1. The Morgan fingerprint density at radius 2 is 1.95 bits per heavy atom. The van der Waals surface area contributed by atoms with Crippen LogP contribution >= 0.6 is 0 Å². The second-order valence-corrected chi connectivity index (χ2v) is 7.38. The highest BCUT2D eigenvalue weighted by Gasteiger charge is 2.35. The molecular formula is C13H20N2O6S. The monoisotopic (exact) mass is 332 g/mol. The van der Waals surface area contributed by atoms with E-state index in [-0.39, 0.29) is 22.8 Å². The van der Waals surface area contributed by atoms with Crippen LogP contribution in [0.3, 0.4) is 0 Å². The van der Waals surface area contributed by atoms with Crippen molar-refractivity contribution in [3.8, 4) is 0 Å². The van der Waals surface area contributed by atoms with E-state index in [2.05, 4.69) is 5.32 Å². The fourth-order valence-corrected chi connectivity index (χ4v) is 2.69. The lowest BCUT2D eigenvalue weighted by Crippen LogP contribution is -2.51. The van der Waals surface area contributed by atoms with Gasteiger partial charge < -0.3 is 14.8 Å². The summed E-state index contributed by atoms with van der Waals surface area (Å²) in [7, 11) is -1.02. The number of furan rings is 1. The Bertz CT molecular complexity index is 691. The number of carboxylic acids is 1. The lowest BCUT2D eigenvalue weighted by molar-refractivity contribution is -0.143. The van der Waals surface area contributed by atoms with Crippen LogP contribution in [0, 0.1) is 6.92 Å². The molecule has 0 aromatic carbocycles. The molecule has 1 rings (SSSR count). The van der Waals surface area contributed by atoms with Crippen LogP contribution in [0.1, 0.15) is 36.6 Å². The first-order chi connectivity index (χ1) is 9.95. The van der Waals surface area contributed by atoms with Gasteiger partial charge >= 0.3 is 5.97 Å². The molecule has 2 N–H and O–H groups in total. The average molecular weight is 332 g/mol. The predicted octanol–water partition coefficient (Wildman–Crippen LogP) is 0.821. The number of rotatable bonds is 6. The smallest absolute Gasteiger partial charge is 0.329 e. The Labute approximate surface area is 129 Å². The van der Waals surface area contributed by atoms with Gasteiger partial charge in [0, 0.05) is 20.2 Å². The summed E-state index contributed by atoms with van der Waals surface area (Å²) in [5.74, 6) is -2.16. The van der Waals surface area contributed by atoms with Crippen LogP contribution < -0.4 is 5.32 Å². The largest absolute Gasteiger partial charge is 0.480 e. The molecule has 1 atom stereocenters. The molecule has 1 amide bonds. The number of sulfonamides is 1. The van der Waals surface area contributed by atoms with Crippen molar-refractivity contribution in [2.45, 2.75) is 37.6 Å². The van der Waals surface area contributed by atoms with E-state index in [0.717, 1.165) is 10.4 Å². The molecule has 0 fully saturated rings. The van der Waals surface area contributed by atoms with Crippen molar-refractivity contribution in [1.82, 2.24) is 9.62 Å². The van der Waals surface area contributed by atoms with E-state index < -0.39 is 27.4 Å². The predicted molar refractivity (Wildman–Crippen MR) is 78.1 cm³/mol. The Morgan fingerprint density at radius 1 is 1.41 bits per heavy atom. The number of hydrogen-bond acceptors (Lipinski definition) is 5. The Morgan fingerprint density at radius 3 is 2.36 bits per heavy atom. The highest BCUT2D eigenvalue weighted by molar-refractivity contribution is 7.89. The third-order valence-corrected chi connectivity index (χ3v) is 5.35. The fraction of sp³-hybridized carbons (Fsp3) is 0.538. The van der Waals surface area contributed by atoms with E-state index in [1.54, 1.807) is 6.92 Å². The van der Waals surface area contributed by atoms with E-state index in [9.17, 15) is 18.0 Å². The molecule has 0 spiro atoms. The van der Waals surface area contributed by atoms with E-state index in [1.165, 1.54) is 27.9 Å². The van der Waals surface area contributed by atoms with Crippen molar-refractivity contribution >= 4 is 21.9 Å². The maximum atomic E-state index is 12.1. The first kappa shape index (κ1) is 18.2. The molecule has 0 radical (unpaired) electrons. The number of carbonyl (C=O) groups excluding carboxylic acids is 1. The molecule has 0 aliphatic heterocycles. The normalized spacial score (nSPS) is 14.6. The van der Waals surface area contributed by atoms with Gasteiger partial charge in [-0.05, 0) is 20.3 Å². The topological polar surface area (TPSA) is 117 Å². The summed E-state index contributed by atoms with van der Waals surface area (Å²) in [6, 6.07) is 1.10. The molecule has 0 bridgehead atoms. The van der Waals surface area contributed by atoms with E-state index in [0.29, 0.717) is 0 Å². The fourth-order valence-electron chi connectivity index (χ4n) is 1.64. The zero-order valence-electron chi connectivity index (χ0n) is 13.1. The van der Waals surface area contributed by atoms with Crippen molar-refractivity contribution in [1.29, 1.82) is 0 Å². The highest BCUT2D eigenvalue weighted by Crippen LogP contribution is 2.23. The van der Waals surface area contributed by atoms with E-state index in [1.807, 2.05) is 0 Å². The van der Waals surface area contributed by atoms with Gasteiger partial charge in [-0.1, -0.05) is 6.92 Å². The summed E-state index contributed by atoms with van der Waals surface area (Å²) in [4.78, 5) is 23.2. The van der Waals surface area contributed by atoms with Gasteiger partial charge in [-0.25, -0.2) is 17.5 Å². The molecule has 8 nitrogen and oxygen atoms in total. The number of carbonyl (C=O) groups is 2. The van der Waals surface area contributed by atoms with Crippen LogP contribution in [0.2, 0.25) is 0 Å². The third kappa shape index (κ3) is 3.30. The molecule has 1 aromatic heterocycles. The van der Waals surface area contributed by atoms with Crippen LogP contribution in [0.5, 0.6) is 0 Å². The second-order valence-electron chi connectivity index (χ2n) is 5.26. The van der Waals surface area contributed by atoms with Crippen LogP contribution in [-0.2, 0) is 14.8 Å². The van der Waals surface area contributed by atoms with Gasteiger partial charge in [0.05, 0.1) is 0 Å². The van der Waals surface area contributed by atoms with Crippen LogP contribution in [0.4, 0.5) is 0 Å². The van der Waals surface area contributed by atoms with Crippen molar-refractivity contribution in [3.63, 3.8) is 0 Å². The molecule has 1 aromatic rings. The molecule has 22 heavy (non-hydrogen) atoms. The van der Waals surface area contributed by atoms with Crippen LogP contribution in [0.15, 0.2) is 15.4 Å². The van der Waals surface area contributed by atoms with Gasteiger partial charge in [0.25, 0.3) is 5.91 Å². The number of aryl methyl sites for hydroxylation is 1. The zero-order valence-corrected chi connectivity index (χ0v) is 13.9. The summed E-state index contributed by atoms with van der Waals surface area (Å²) in [5, 5.41) is 11.5. The maximum Gasteiger partial charge on any atom is 0.329 e. The summed E-state index contributed by atoms with van der Waals surface area (Å²) in [6.45, 7) is 4.40. The minimum absolute atomic E-state index is 0.0624. The Hall–Kier alpha value is -1.87. The van der Waals surface area contributed by atoms with Crippen LogP contribution in [0.25, 0.3) is 0 Å². The van der Waals surface area contributed by atoms with Crippen molar-refractivity contribution in [3.05, 3.63) is 17.6 Å². The number of carboxylic acid groups (broad SMARTS) is 1. The summed E-state index contributed by atoms with van der Waals surface area (Å²) in [5.41, 5.74) is -1.46. The molecule has 1 heterocycles. The standard InChI is InChI=1S/C13H20N2O6S/c1-6-13(3,12(17)18)14-11(16)9-7-10(8(2)21-9)22(19,20)15(4)5/h7H,6H2,1-5H3,(H,14,16)(H,17,18). The molecule has 0 aliphatic rings. The van der Waals surface area contributed by atoms with Gasteiger partial charge in [0.15, 0.2) is 5.76 Å². The van der Waals surface area contributed by atoms with E-state index >= 15 is 0 Å². The number of amides is 1. The minimum Gasteiger partial charge on any atom is -0.480 e. The first-order valence-electron chi connectivity index (χ1n) is 6.54. The molecule has 9 heteroatoms. The number of hydrogen-bond donors (Lipinski definition) is 2. The molecule has 1 unspecified atom stereocenters. The van der Waals surface area contributed by atoms with Crippen molar-refractivity contribution < 1.29 is 27.5 Å². The molecule has 0 aliphatic carbocycles. The number of nitrogens with one attached hydrogen (secondary N) is 1. The average Bonchev–Trinajstić information content (AvgIpc) is 2.80. The quantitative estimate of drug-likeness (QED) is 0.796. The van der Waals surface area contributed by atoms with Crippen LogP contribution in [-0.4, -0.2) is 49.3 Å². The Kier molecular flexibility index (Phi) is 5.03. The van der Waals surface area contributed by atoms with Gasteiger partial charge in [0.1, 0.15) is 16.2 Å². The SMILES string of the molecule is CCC(C)(NC(=O)c1cc(S(=O)(=O)N(C)C)c(C)o1)C(=O)O. The molecule has 124 valence electrons. The molecule has 0 saturated carbocycles. The van der Waals surface area contributed by atoms with Gasteiger partial charge in [-0.15, -0.1) is 0 Å². The zero-order chi connectivity index (χ0) is 17.3. The van der Waals surface area contributed by atoms with Crippen molar-refractivity contribution in [2.75, 3.05) is 14.1 Å². The van der Waals surface area contributed by atoms with Crippen molar-refractivity contribution in [2.24, 2.45) is 0 Å². The number of nitrogens with zero attached hydrogens (tertiary/aromatic N) is 1. The molecule has 0 saturated heterocycles. The lowest BCUT2D eigenvalue weighted by Gasteiger charge is -2.23. The summed E-state index contributed by atoms with van der Waals surface area (Å²) < 4.78 is 30.3. The first-order valence-corrected chi connectivity index (χ1v) is 7.98. The lowest BCUT2D eigenvalue weighted by atomic mass is 9.99.